The van der Waals surface area contributed by atoms with Crippen LogP contribution in [0.25, 0.3) is 0 Å². The summed E-state index contributed by atoms with van der Waals surface area (Å²) in [6.45, 7) is 4.12. The molecule has 0 fully saturated rings. The van der Waals surface area contributed by atoms with Gasteiger partial charge in [-0.15, -0.1) is 6.58 Å². The summed E-state index contributed by atoms with van der Waals surface area (Å²) in [6, 6.07) is 14.0. The number of nitrogens with zero attached hydrogens (tertiary/aromatic N) is 1. The zero-order chi connectivity index (χ0) is 14.5. The Morgan fingerprint density at radius 3 is 2.00 bits per heavy atom. The molecule has 4 N–H and O–H groups in total. The van der Waals surface area contributed by atoms with Gasteiger partial charge < -0.3 is 16.4 Å². The minimum atomic E-state index is -0.102. The smallest absolute Gasteiger partial charge is 0.258 e. The molecular formula is C16H17N3O. The van der Waals surface area contributed by atoms with Crippen LogP contribution in [0, 0.1) is 0 Å². The number of amides is 1. The van der Waals surface area contributed by atoms with Gasteiger partial charge >= 0.3 is 0 Å². The van der Waals surface area contributed by atoms with E-state index >= 15 is 0 Å². The molecule has 0 heterocycles. The first-order valence-corrected chi connectivity index (χ1v) is 6.25. The maximum absolute atomic E-state index is 12.5. The Labute approximate surface area is 118 Å². The Kier molecular flexibility index (Phi) is 4.05. The molecule has 0 bridgehead atoms. The Hall–Kier alpha value is -2.75. The Balaban J connectivity index is 2.32. The maximum Gasteiger partial charge on any atom is 0.258 e. The second-order valence-corrected chi connectivity index (χ2v) is 4.42. The van der Waals surface area contributed by atoms with Crippen molar-refractivity contribution in [1.82, 2.24) is 0 Å². The monoisotopic (exact) mass is 267 g/mol. The Bertz CT molecular complexity index is 603. The van der Waals surface area contributed by atoms with Crippen molar-refractivity contribution in [1.29, 1.82) is 0 Å². The summed E-state index contributed by atoms with van der Waals surface area (Å²) < 4.78 is 0. The lowest BCUT2D eigenvalue weighted by Crippen LogP contribution is -2.31. The molecule has 0 aromatic heterocycles. The van der Waals surface area contributed by atoms with E-state index in [-0.39, 0.29) is 5.91 Å². The van der Waals surface area contributed by atoms with Gasteiger partial charge in [-0.1, -0.05) is 6.08 Å². The zero-order valence-corrected chi connectivity index (χ0v) is 11.1. The summed E-state index contributed by atoms with van der Waals surface area (Å²) in [5.41, 5.74) is 14.0. The second-order valence-electron chi connectivity index (χ2n) is 4.42. The summed E-state index contributed by atoms with van der Waals surface area (Å²) >= 11 is 0. The molecule has 0 spiro atoms. The van der Waals surface area contributed by atoms with Crippen molar-refractivity contribution in [3.63, 3.8) is 0 Å². The van der Waals surface area contributed by atoms with Crippen LogP contribution >= 0.6 is 0 Å². The molecule has 0 aliphatic rings. The molecule has 0 radical (unpaired) electrons. The van der Waals surface area contributed by atoms with Crippen LogP contribution in [0.1, 0.15) is 10.4 Å². The van der Waals surface area contributed by atoms with E-state index in [1.54, 1.807) is 47.4 Å². The van der Waals surface area contributed by atoms with Crippen molar-refractivity contribution < 1.29 is 4.79 Å². The van der Waals surface area contributed by atoms with Crippen molar-refractivity contribution in [2.45, 2.75) is 0 Å². The molecule has 0 unspecified atom stereocenters. The van der Waals surface area contributed by atoms with Crippen LogP contribution in [0.3, 0.4) is 0 Å². The van der Waals surface area contributed by atoms with Crippen LogP contribution in [0.2, 0.25) is 0 Å². The third kappa shape index (κ3) is 2.98. The first-order valence-electron chi connectivity index (χ1n) is 6.25. The Morgan fingerprint density at radius 2 is 1.50 bits per heavy atom. The molecule has 1 amide bonds. The van der Waals surface area contributed by atoms with Crippen molar-refractivity contribution in [2.24, 2.45) is 0 Å². The number of nitrogens with two attached hydrogens (primary N) is 2. The molecule has 4 nitrogen and oxygen atoms in total. The van der Waals surface area contributed by atoms with Gasteiger partial charge in [-0.2, -0.15) is 0 Å². The molecule has 0 saturated heterocycles. The van der Waals surface area contributed by atoms with Gasteiger partial charge in [0.05, 0.1) is 0 Å². The highest BCUT2D eigenvalue weighted by molar-refractivity contribution is 6.06. The van der Waals surface area contributed by atoms with E-state index in [1.807, 2.05) is 12.1 Å². The number of benzene rings is 2. The number of carbonyl (C=O) groups excluding carboxylic acids is 1. The van der Waals surface area contributed by atoms with E-state index in [9.17, 15) is 4.79 Å². The first-order chi connectivity index (χ1) is 9.61. The average molecular weight is 267 g/mol. The summed E-state index contributed by atoms with van der Waals surface area (Å²) in [5, 5.41) is 0. The SMILES string of the molecule is C=CCN(C(=O)c1ccc(N)cc1)c1ccc(N)cc1. The summed E-state index contributed by atoms with van der Waals surface area (Å²) in [5.74, 6) is -0.102. The van der Waals surface area contributed by atoms with Gasteiger partial charge in [-0.25, -0.2) is 0 Å². The van der Waals surface area contributed by atoms with Gasteiger partial charge in [0.2, 0.25) is 0 Å². The quantitative estimate of drug-likeness (QED) is 0.660. The van der Waals surface area contributed by atoms with E-state index in [0.717, 1.165) is 5.69 Å². The third-order valence-corrected chi connectivity index (χ3v) is 2.92. The first kappa shape index (κ1) is 13.7. The van der Waals surface area contributed by atoms with Crippen molar-refractivity contribution in [3.8, 4) is 0 Å². The fraction of sp³-hybridized carbons (Fsp3) is 0.0625. The second kappa shape index (κ2) is 5.93. The number of carbonyl (C=O) groups is 1. The van der Waals surface area contributed by atoms with E-state index in [0.29, 0.717) is 23.5 Å². The van der Waals surface area contributed by atoms with Crippen molar-refractivity contribution in [3.05, 3.63) is 66.7 Å². The predicted molar refractivity (Wildman–Crippen MR) is 83.6 cm³/mol. The van der Waals surface area contributed by atoms with Gasteiger partial charge in [0.1, 0.15) is 0 Å². The number of hydrogen-bond donors (Lipinski definition) is 2. The number of nitrogen functional groups attached to an aromatic ring is 2. The van der Waals surface area contributed by atoms with Gasteiger partial charge in [-0.3, -0.25) is 4.79 Å². The molecular weight excluding hydrogens is 250 g/mol. The van der Waals surface area contributed by atoms with E-state index in [4.69, 9.17) is 11.5 Å². The molecule has 2 aromatic rings. The molecule has 0 aliphatic carbocycles. The third-order valence-electron chi connectivity index (χ3n) is 2.92. The standard InChI is InChI=1S/C16H17N3O/c1-2-11-19(15-9-7-14(18)8-10-15)16(20)12-3-5-13(17)6-4-12/h2-10H,1,11,17-18H2. The highest BCUT2D eigenvalue weighted by Crippen LogP contribution is 2.19. The van der Waals surface area contributed by atoms with Gasteiger partial charge in [-0.05, 0) is 48.5 Å². The van der Waals surface area contributed by atoms with Crippen molar-refractivity contribution in [2.75, 3.05) is 22.9 Å². The molecule has 2 rings (SSSR count). The minimum absolute atomic E-state index is 0.102. The molecule has 102 valence electrons. The predicted octanol–water partition coefficient (Wildman–Crippen LogP) is 2.68. The summed E-state index contributed by atoms with van der Waals surface area (Å²) in [6.07, 6.45) is 1.69. The molecule has 20 heavy (non-hydrogen) atoms. The fourth-order valence-corrected chi connectivity index (χ4v) is 1.87. The lowest BCUT2D eigenvalue weighted by molar-refractivity contribution is 0.0990. The molecule has 0 aliphatic heterocycles. The lowest BCUT2D eigenvalue weighted by Gasteiger charge is -2.21. The van der Waals surface area contributed by atoms with E-state index in [2.05, 4.69) is 6.58 Å². The topological polar surface area (TPSA) is 72.3 Å². The van der Waals surface area contributed by atoms with Gasteiger partial charge in [0, 0.05) is 29.2 Å². The van der Waals surface area contributed by atoms with Crippen LogP contribution in [0.4, 0.5) is 17.1 Å². The molecule has 0 saturated carbocycles. The van der Waals surface area contributed by atoms with Crippen LogP contribution < -0.4 is 16.4 Å². The van der Waals surface area contributed by atoms with Crippen LogP contribution in [-0.4, -0.2) is 12.5 Å². The highest BCUT2D eigenvalue weighted by Gasteiger charge is 2.16. The highest BCUT2D eigenvalue weighted by atomic mass is 16.2. The number of anilines is 3. The summed E-state index contributed by atoms with van der Waals surface area (Å²) in [7, 11) is 0. The van der Waals surface area contributed by atoms with Gasteiger partial charge in [0.15, 0.2) is 0 Å². The van der Waals surface area contributed by atoms with E-state index < -0.39 is 0 Å². The fourth-order valence-electron chi connectivity index (χ4n) is 1.87. The largest absolute Gasteiger partial charge is 0.399 e. The molecule has 2 aromatic carbocycles. The van der Waals surface area contributed by atoms with Crippen LogP contribution in [0.5, 0.6) is 0 Å². The normalized spacial score (nSPS) is 10.0. The maximum atomic E-state index is 12.5. The van der Waals surface area contributed by atoms with Crippen LogP contribution in [-0.2, 0) is 0 Å². The summed E-state index contributed by atoms with van der Waals surface area (Å²) in [4.78, 5) is 14.2. The number of hydrogen-bond acceptors (Lipinski definition) is 3. The van der Waals surface area contributed by atoms with Crippen molar-refractivity contribution >= 4 is 23.0 Å². The molecule has 4 heteroatoms. The van der Waals surface area contributed by atoms with Gasteiger partial charge in [0.25, 0.3) is 5.91 Å². The number of rotatable bonds is 4. The molecule has 0 atom stereocenters. The van der Waals surface area contributed by atoms with Crippen LogP contribution in [0.15, 0.2) is 61.2 Å². The zero-order valence-electron chi connectivity index (χ0n) is 11.1. The lowest BCUT2D eigenvalue weighted by atomic mass is 10.1. The van der Waals surface area contributed by atoms with E-state index in [1.165, 1.54) is 0 Å². The minimum Gasteiger partial charge on any atom is -0.399 e. The average Bonchev–Trinajstić information content (AvgIpc) is 2.46. The Morgan fingerprint density at radius 1 is 1.00 bits per heavy atom.